The average molecular weight is 407 g/mol. The zero-order valence-electron chi connectivity index (χ0n) is 17.3. The summed E-state index contributed by atoms with van der Waals surface area (Å²) < 4.78 is 0. The maximum atomic E-state index is 13.3. The predicted octanol–water partition coefficient (Wildman–Crippen LogP) is 2.42. The minimum Gasteiger partial charge on any atom is -0.395 e. The van der Waals surface area contributed by atoms with E-state index in [1.165, 1.54) is 11.8 Å². The molecule has 0 saturated heterocycles. The summed E-state index contributed by atoms with van der Waals surface area (Å²) in [5.74, 6) is -1.04. The maximum absolute atomic E-state index is 13.3. The van der Waals surface area contributed by atoms with E-state index in [2.05, 4.69) is 5.32 Å². The van der Waals surface area contributed by atoms with E-state index in [0.29, 0.717) is 16.9 Å². The Labute approximate surface area is 175 Å². The topological polar surface area (TPSA) is 90.0 Å². The summed E-state index contributed by atoms with van der Waals surface area (Å²) in [6.07, 6.45) is 0.858. The molecule has 0 radical (unpaired) electrons. The first-order valence-corrected chi connectivity index (χ1v) is 9.79. The fraction of sp³-hybridized carbons (Fsp3) is 0.261. The van der Waals surface area contributed by atoms with Crippen molar-refractivity contribution >= 4 is 34.7 Å². The Bertz CT molecular complexity index is 994. The molecule has 156 valence electrons. The molecule has 0 fully saturated rings. The Kier molecular flexibility index (Phi) is 6.32. The zero-order valence-corrected chi connectivity index (χ0v) is 17.3. The third-order valence-electron chi connectivity index (χ3n) is 4.97. The normalized spacial score (nSPS) is 13.8. The number of hydrogen-bond acceptors (Lipinski definition) is 5. The summed E-state index contributed by atoms with van der Waals surface area (Å²) >= 11 is 0. The summed E-state index contributed by atoms with van der Waals surface area (Å²) in [6.45, 7) is 3.51. The molecule has 7 heteroatoms. The number of aliphatic hydroxyl groups excluding tert-OH is 1. The molecule has 7 nitrogen and oxygen atoms in total. The largest absolute Gasteiger partial charge is 0.395 e. The van der Waals surface area contributed by atoms with Crippen molar-refractivity contribution in [2.24, 2.45) is 0 Å². The molecule has 0 atom stereocenters. The van der Waals surface area contributed by atoms with Gasteiger partial charge in [-0.05, 0) is 41.8 Å². The highest BCUT2D eigenvalue weighted by molar-refractivity contribution is 6.45. The molecule has 1 heterocycles. The van der Waals surface area contributed by atoms with Gasteiger partial charge < -0.3 is 15.3 Å². The van der Waals surface area contributed by atoms with Crippen LogP contribution >= 0.6 is 0 Å². The number of likely N-dealkylation sites (N-methyl/N-ethyl adjacent to an activating group) is 1. The Balaban J connectivity index is 2.04. The van der Waals surface area contributed by atoms with Gasteiger partial charge in [0.05, 0.1) is 17.9 Å². The lowest BCUT2D eigenvalue weighted by molar-refractivity contribution is -0.120. The first-order valence-electron chi connectivity index (χ1n) is 9.79. The maximum Gasteiger partial charge on any atom is 0.282 e. The minimum atomic E-state index is -0.430. The van der Waals surface area contributed by atoms with Crippen LogP contribution < -0.4 is 10.2 Å². The van der Waals surface area contributed by atoms with Crippen LogP contribution in [0.1, 0.15) is 25.0 Å². The van der Waals surface area contributed by atoms with Crippen LogP contribution in [-0.4, -0.2) is 47.9 Å². The molecule has 1 aliphatic heterocycles. The van der Waals surface area contributed by atoms with Crippen molar-refractivity contribution in [1.82, 2.24) is 4.90 Å². The SMILES string of the molecule is CCc1ccc(N2C(=O)C(c3ccc(NC(C)=O)cc3)=C(N(C)CCO)C2=O)cc1. The number of benzene rings is 2. The van der Waals surface area contributed by atoms with Crippen molar-refractivity contribution in [3.63, 3.8) is 0 Å². The number of rotatable bonds is 7. The van der Waals surface area contributed by atoms with Gasteiger partial charge in [0.25, 0.3) is 11.8 Å². The zero-order chi connectivity index (χ0) is 21.8. The quantitative estimate of drug-likeness (QED) is 0.688. The summed E-state index contributed by atoms with van der Waals surface area (Å²) in [4.78, 5) is 40.6. The van der Waals surface area contributed by atoms with E-state index in [9.17, 15) is 19.5 Å². The summed E-state index contributed by atoms with van der Waals surface area (Å²) in [7, 11) is 1.67. The number of nitrogens with zero attached hydrogens (tertiary/aromatic N) is 2. The van der Waals surface area contributed by atoms with Gasteiger partial charge in [0, 0.05) is 26.2 Å². The van der Waals surface area contributed by atoms with E-state index >= 15 is 0 Å². The Morgan fingerprint density at radius 1 is 1.03 bits per heavy atom. The van der Waals surface area contributed by atoms with Crippen molar-refractivity contribution < 1.29 is 19.5 Å². The molecule has 2 N–H and O–H groups in total. The van der Waals surface area contributed by atoms with Crippen molar-refractivity contribution in [3.8, 4) is 0 Å². The molecular weight excluding hydrogens is 382 g/mol. The number of carbonyl (C=O) groups excluding carboxylic acids is 3. The molecule has 1 aliphatic rings. The third kappa shape index (κ3) is 4.11. The number of carbonyl (C=O) groups is 3. The fourth-order valence-corrected chi connectivity index (χ4v) is 3.43. The second kappa shape index (κ2) is 8.92. The van der Waals surface area contributed by atoms with Crippen LogP contribution in [0.5, 0.6) is 0 Å². The lowest BCUT2D eigenvalue weighted by atomic mass is 10.0. The summed E-state index contributed by atoms with van der Waals surface area (Å²) in [6, 6.07) is 14.1. The highest BCUT2D eigenvalue weighted by Gasteiger charge is 2.41. The van der Waals surface area contributed by atoms with E-state index in [1.807, 2.05) is 19.1 Å². The number of hydrogen-bond donors (Lipinski definition) is 2. The monoisotopic (exact) mass is 407 g/mol. The highest BCUT2D eigenvalue weighted by atomic mass is 16.3. The van der Waals surface area contributed by atoms with Crippen LogP contribution in [0.2, 0.25) is 0 Å². The van der Waals surface area contributed by atoms with Gasteiger partial charge in [-0.3, -0.25) is 14.4 Å². The third-order valence-corrected chi connectivity index (χ3v) is 4.97. The number of imide groups is 1. The number of amides is 3. The smallest absolute Gasteiger partial charge is 0.282 e. The van der Waals surface area contributed by atoms with Gasteiger partial charge in [0.2, 0.25) is 5.91 Å². The summed E-state index contributed by atoms with van der Waals surface area (Å²) in [5, 5.41) is 12.0. The summed E-state index contributed by atoms with van der Waals surface area (Å²) in [5.41, 5.74) is 3.28. The van der Waals surface area contributed by atoms with Gasteiger partial charge in [0.1, 0.15) is 5.70 Å². The van der Waals surface area contributed by atoms with Crippen molar-refractivity contribution in [2.45, 2.75) is 20.3 Å². The average Bonchev–Trinajstić information content (AvgIpc) is 2.99. The van der Waals surface area contributed by atoms with Gasteiger partial charge >= 0.3 is 0 Å². The molecule has 3 amide bonds. The number of aliphatic hydroxyl groups is 1. The van der Waals surface area contributed by atoms with E-state index in [4.69, 9.17) is 0 Å². The Morgan fingerprint density at radius 2 is 1.67 bits per heavy atom. The van der Waals surface area contributed by atoms with Gasteiger partial charge in [-0.1, -0.05) is 31.2 Å². The van der Waals surface area contributed by atoms with E-state index in [1.54, 1.807) is 48.3 Å². The molecule has 0 aromatic heterocycles. The predicted molar refractivity (Wildman–Crippen MR) is 116 cm³/mol. The molecule has 0 unspecified atom stereocenters. The highest BCUT2D eigenvalue weighted by Crippen LogP contribution is 2.34. The number of nitrogens with one attached hydrogen (secondary N) is 1. The molecule has 0 saturated carbocycles. The standard InChI is InChI=1S/C23H25N3O4/c1-4-16-5-11-19(12-6-16)26-22(29)20(21(23(26)30)25(3)13-14-27)17-7-9-18(10-8-17)24-15(2)28/h5-12,27H,4,13-14H2,1-3H3,(H,24,28). The van der Waals surface area contributed by atoms with Crippen LogP contribution in [0, 0.1) is 0 Å². The molecule has 0 aliphatic carbocycles. The fourth-order valence-electron chi connectivity index (χ4n) is 3.43. The van der Waals surface area contributed by atoms with Crippen LogP contribution in [0.3, 0.4) is 0 Å². The molecule has 2 aromatic rings. The van der Waals surface area contributed by atoms with E-state index in [0.717, 1.165) is 12.0 Å². The minimum absolute atomic E-state index is 0.151. The molecular formula is C23H25N3O4. The van der Waals surface area contributed by atoms with E-state index < -0.39 is 11.8 Å². The van der Waals surface area contributed by atoms with E-state index in [-0.39, 0.29) is 30.3 Å². The van der Waals surface area contributed by atoms with Gasteiger partial charge in [-0.15, -0.1) is 0 Å². The first kappa shape index (κ1) is 21.3. The molecule has 30 heavy (non-hydrogen) atoms. The van der Waals surface area contributed by atoms with Crippen LogP contribution in [0.4, 0.5) is 11.4 Å². The van der Waals surface area contributed by atoms with Crippen LogP contribution in [0.25, 0.3) is 5.57 Å². The lowest BCUT2D eigenvalue weighted by Crippen LogP contribution is -2.34. The van der Waals surface area contributed by atoms with Gasteiger partial charge in [-0.2, -0.15) is 0 Å². The molecule has 2 aromatic carbocycles. The van der Waals surface area contributed by atoms with Crippen molar-refractivity contribution in [2.75, 3.05) is 30.4 Å². The first-order chi connectivity index (χ1) is 14.4. The second-order valence-electron chi connectivity index (χ2n) is 7.09. The molecule has 0 spiro atoms. The van der Waals surface area contributed by atoms with Crippen molar-refractivity contribution in [1.29, 1.82) is 0 Å². The second-order valence-corrected chi connectivity index (χ2v) is 7.09. The van der Waals surface area contributed by atoms with Crippen LogP contribution in [0.15, 0.2) is 54.2 Å². The van der Waals surface area contributed by atoms with Gasteiger partial charge in [0.15, 0.2) is 0 Å². The molecule has 3 rings (SSSR count). The Hall–Kier alpha value is -3.45. The van der Waals surface area contributed by atoms with Gasteiger partial charge in [-0.25, -0.2) is 4.90 Å². The lowest BCUT2D eigenvalue weighted by Gasteiger charge is -2.20. The van der Waals surface area contributed by atoms with Crippen molar-refractivity contribution in [3.05, 3.63) is 65.4 Å². The Morgan fingerprint density at radius 3 is 2.20 bits per heavy atom. The number of anilines is 2. The van der Waals surface area contributed by atoms with Crippen LogP contribution in [-0.2, 0) is 20.8 Å². The number of aryl methyl sites for hydroxylation is 1. The molecule has 0 bridgehead atoms.